The Hall–Kier alpha value is -1.95. The van der Waals surface area contributed by atoms with Gasteiger partial charge >= 0.3 is 0 Å². The summed E-state index contributed by atoms with van der Waals surface area (Å²) in [5.41, 5.74) is 8.62. The van der Waals surface area contributed by atoms with Gasteiger partial charge in [0.15, 0.2) is 0 Å². The van der Waals surface area contributed by atoms with E-state index in [1.807, 2.05) is 54.5 Å². The second kappa shape index (κ2) is 5.60. The second-order valence-corrected chi connectivity index (χ2v) is 6.49. The summed E-state index contributed by atoms with van der Waals surface area (Å²) in [7, 11) is 1.86. The van der Waals surface area contributed by atoms with E-state index in [0.717, 1.165) is 11.1 Å². The third-order valence-corrected chi connectivity index (χ3v) is 5.07. The molecular weight excluding hydrogens is 312 g/mol. The molecule has 1 aromatic carbocycles. The summed E-state index contributed by atoms with van der Waals surface area (Å²) in [4.78, 5) is 18.6. The molecule has 0 aliphatic carbocycles. The lowest BCUT2D eigenvalue weighted by molar-refractivity contribution is -0.129. The topological polar surface area (TPSA) is 57.3 Å². The van der Waals surface area contributed by atoms with Crippen molar-refractivity contribution in [2.24, 2.45) is 5.92 Å². The van der Waals surface area contributed by atoms with Gasteiger partial charge < -0.3 is 4.90 Å². The minimum absolute atomic E-state index is 0.00984. The highest BCUT2D eigenvalue weighted by Gasteiger charge is 2.54. The fraction of sp³-hybridized carbons (Fsp3) is 0.294. The quantitative estimate of drug-likeness (QED) is 0.886. The molecule has 4 rings (SSSR count). The highest BCUT2D eigenvalue weighted by atomic mass is 35.5. The number of hydrogen-bond donors (Lipinski definition) is 2. The van der Waals surface area contributed by atoms with Crippen LogP contribution in [0.5, 0.6) is 0 Å². The molecule has 0 saturated carbocycles. The fourth-order valence-corrected chi connectivity index (χ4v) is 3.87. The lowest BCUT2D eigenvalue weighted by Gasteiger charge is -2.28. The van der Waals surface area contributed by atoms with Gasteiger partial charge in [-0.15, -0.1) is 0 Å². The maximum Gasteiger partial charge on any atom is 0.241 e. The number of amides is 1. The van der Waals surface area contributed by atoms with Crippen LogP contribution in [-0.2, 0) is 4.79 Å². The highest BCUT2D eigenvalue weighted by molar-refractivity contribution is 6.30. The second-order valence-electron chi connectivity index (χ2n) is 6.05. The van der Waals surface area contributed by atoms with E-state index in [0.29, 0.717) is 5.02 Å². The Morgan fingerprint density at radius 1 is 1.09 bits per heavy atom. The number of likely N-dealkylation sites (N-methyl/N-ethyl adjacent to an activating group) is 1. The SMILES string of the molecule is CN1C(=O)C2NNC(c3ccc(Cl)cc3)C2C1c1cccnc1. The Morgan fingerprint density at radius 3 is 2.52 bits per heavy atom. The average molecular weight is 329 g/mol. The molecule has 1 aromatic heterocycles. The number of rotatable bonds is 2. The summed E-state index contributed by atoms with van der Waals surface area (Å²) < 4.78 is 0. The minimum atomic E-state index is -0.231. The molecule has 2 aliphatic heterocycles. The Bertz CT molecular complexity index is 721. The highest BCUT2D eigenvalue weighted by Crippen LogP contribution is 2.46. The van der Waals surface area contributed by atoms with Gasteiger partial charge in [0.1, 0.15) is 6.04 Å². The first-order valence-corrected chi connectivity index (χ1v) is 7.98. The third kappa shape index (κ3) is 2.32. The van der Waals surface area contributed by atoms with E-state index < -0.39 is 0 Å². The number of likely N-dealkylation sites (tertiary alicyclic amines) is 1. The zero-order valence-electron chi connectivity index (χ0n) is 12.6. The van der Waals surface area contributed by atoms with E-state index in [2.05, 4.69) is 15.8 Å². The number of carbonyl (C=O) groups excluding carboxylic acids is 1. The largest absolute Gasteiger partial charge is 0.337 e. The van der Waals surface area contributed by atoms with Crippen LogP contribution in [0.3, 0.4) is 0 Å². The van der Waals surface area contributed by atoms with Crippen molar-refractivity contribution in [1.82, 2.24) is 20.7 Å². The summed E-state index contributed by atoms with van der Waals surface area (Å²) >= 11 is 5.99. The smallest absolute Gasteiger partial charge is 0.241 e. The molecule has 5 nitrogen and oxygen atoms in total. The molecule has 0 bridgehead atoms. The van der Waals surface area contributed by atoms with Crippen LogP contribution in [0.4, 0.5) is 0 Å². The molecule has 2 fully saturated rings. The normalized spacial score (nSPS) is 29.8. The molecule has 23 heavy (non-hydrogen) atoms. The van der Waals surface area contributed by atoms with Gasteiger partial charge in [-0.3, -0.25) is 9.78 Å². The van der Waals surface area contributed by atoms with Crippen molar-refractivity contribution in [2.75, 3.05) is 7.05 Å². The summed E-state index contributed by atoms with van der Waals surface area (Å²) in [6, 6.07) is 11.5. The predicted molar refractivity (Wildman–Crippen MR) is 87.5 cm³/mol. The summed E-state index contributed by atoms with van der Waals surface area (Å²) in [5.74, 6) is 0.200. The number of carbonyl (C=O) groups is 1. The fourth-order valence-electron chi connectivity index (χ4n) is 3.74. The number of nitrogens with zero attached hydrogens (tertiary/aromatic N) is 2. The van der Waals surface area contributed by atoms with Crippen LogP contribution in [0.15, 0.2) is 48.8 Å². The van der Waals surface area contributed by atoms with Crippen molar-refractivity contribution in [3.8, 4) is 0 Å². The van der Waals surface area contributed by atoms with Crippen LogP contribution in [0.1, 0.15) is 23.2 Å². The average Bonchev–Trinajstić information content (AvgIpc) is 3.10. The van der Waals surface area contributed by atoms with Gasteiger partial charge in [0, 0.05) is 30.4 Å². The van der Waals surface area contributed by atoms with E-state index in [1.165, 1.54) is 0 Å². The van der Waals surface area contributed by atoms with Gasteiger partial charge in [-0.05, 0) is 29.3 Å². The lowest BCUT2D eigenvalue weighted by Crippen LogP contribution is -2.39. The number of aromatic nitrogens is 1. The number of halogens is 1. The van der Waals surface area contributed by atoms with Crippen molar-refractivity contribution in [3.05, 3.63) is 64.9 Å². The third-order valence-electron chi connectivity index (χ3n) is 4.81. The summed E-state index contributed by atoms with van der Waals surface area (Å²) in [6.07, 6.45) is 3.59. The van der Waals surface area contributed by atoms with Gasteiger partial charge in [-0.25, -0.2) is 10.9 Å². The van der Waals surface area contributed by atoms with Gasteiger partial charge in [0.05, 0.1) is 12.1 Å². The molecule has 4 unspecified atom stereocenters. The number of fused-ring (bicyclic) bond motifs is 1. The van der Waals surface area contributed by atoms with E-state index in [9.17, 15) is 4.79 Å². The molecule has 2 aliphatic rings. The van der Waals surface area contributed by atoms with Crippen LogP contribution in [-0.4, -0.2) is 28.9 Å². The van der Waals surface area contributed by atoms with Crippen LogP contribution < -0.4 is 10.9 Å². The number of benzene rings is 1. The molecule has 1 amide bonds. The zero-order chi connectivity index (χ0) is 16.0. The molecule has 0 radical (unpaired) electrons. The lowest BCUT2D eigenvalue weighted by atomic mass is 9.84. The molecule has 6 heteroatoms. The van der Waals surface area contributed by atoms with E-state index in [1.54, 1.807) is 6.20 Å². The molecule has 118 valence electrons. The van der Waals surface area contributed by atoms with E-state index in [4.69, 9.17) is 11.6 Å². The molecule has 2 saturated heterocycles. The predicted octanol–water partition coefficient (Wildman–Crippen LogP) is 2.08. The number of nitrogens with one attached hydrogen (secondary N) is 2. The first kappa shape index (κ1) is 14.6. The van der Waals surface area contributed by atoms with Crippen LogP contribution in [0.2, 0.25) is 5.02 Å². The van der Waals surface area contributed by atoms with Crippen LogP contribution >= 0.6 is 11.6 Å². The van der Waals surface area contributed by atoms with Crippen molar-refractivity contribution in [3.63, 3.8) is 0 Å². The maximum atomic E-state index is 12.6. The van der Waals surface area contributed by atoms with Crippen LogP contribution in [0.25, 0.3) is 0 Å². The van der Waals surface area contributed by atoms with Gasteiger partial charge in [0.2, 0.25) is 5.91 Å². The van der Waals surface area contributed by atoms with Gasteiger partial charge in [-0.2, -0.15) is 0 Å². The first-order valence-electron chi connectivity index (χ1n) is 7.60. The van der Waals surface area contributed by atoms with Crippen molar-refractivity contribution in [2.45, 2.75) is 18.1 Å². The molecule has 0 spiro atoms. The number of hydrogen-bond acceptors (Lipinski definition) is 4. The Morgan fingerprint density at radius 2 is 1.83 bits per heavy atom. The minimum Gasteiger partial charge on any atom is -0.337 e. The van der Waals surface area contributed by atoms with Crippen molar-refractivity contribution in [1.29, 1.82) is 0 Å². The summed E-state index contributed by atoms with van der Waals surface area (Å²) in [6.45, 7) is 0. The summed E-state index contributed by atoms with van der Waals surface area (Å²) in [5, 5.41) is 0.708. The zero-order valence-corrected chi connectivity index (χ0v) is 13.4. The molecule has 4 atom stereocenters. The van der Waals surface area contributed by atoms with Crippen molar-refractivity contribution >= 4 is 17.5 Å². The molecule has 2 N–H and O–H groups in total. The standard InChI is InChI=1S/C17H17ClN4O/c1-22-16(11-3-2-8-19-9-11)13-14(20-21-15(13)17(22)23)10-4-6-12(18)7-5-10/h2-9,13-16,20-21H,1H3. The molecule has 2 aromatic rings. The maximum absolute atomic E-state index is 12.6. The van der Waals surface area contributed by atoms with E-state index in [-0.39, 0.29) is 30.0 Å². The van der Waals surface area contributed by atoms with E-state index >= 15 is 0 Å². The number of pyridine rings is 1. The first-order chi connectivity index (χ1) is 11.2. The Labute approximate surface area is 139 Å². The molecular formula is C17H17ClN4O. The van der Waals surface area contributed by atoms with Gasteiger partial charge in [-0.1, -0.05) is 29.8 Å². The Balaban J connectivity index is 1.74. The monoisotopic (exact) mass is 328 g/mol. The van der Waals surface area contributed by atoms with Gasteiger partial charge in [0.25, 0.3) is 0 Å². The number of hydrazine groups is 1. The van der Waals surface area contributed by atoms with Crippen molar-refractivity contribution < 1.29 is 4.79 Å². The molecule has 3 heterocycles. The Kier molecular flexibility index (Phi) is 3.56. The van der Waals surface area contributed by atoms with Crippen LogP contribution in [0, 0.1) is 5.92 Å².